The van der Waals surface area contributed by atoms with E-state index in [0.29, 0.717) is 5.56 Å². The van der Waals surface area contributed by atoms with Crippen molar-refractivity contribution in [2.45, 2.75) is 0 Å². The first kappa shape index (κ1) is 36.3. The zero-order chi connectivity index (χ0) is 43.5. The highest BCUT2D eigenvalue weighted by molar-refractivity contribution is 6.14. The molecule has 0 saturated carbocycles. The van der Waals surface area contributed by atoms with Gasteiger partial charge < -0.3 is 13.7 Å². The largest absolute Gasteiger partial charge is 0.309 e. The molecule has 0 atom stereocenters. The van der Waals surface area contributed by atoms with Crippen LogP contribution in [-0.4, -0.2) is 23.3 Å². The second-order valence-corrected chi connectivity index (χ2v) is 17.1. The predicted molar refractivity (Wildman–Crippen MR) is 272 cm³/mol. The molecule has 14 rings (SSSR count). The van der Waals surface area contributed by atoms with E-state index in [-0.39, 0.29) is 0 Å². The van der Waals surface area contributed by atoms with Gasteiger partial charge in [-0.05, 0) is 84.4 Å². The van der Waals surface area contributed by atoms with Crippen molar-refractivity contribution < 1.29 is 0 Å². The number of para-hydroxylation sites is 6. The number of nitriles is 1. The Morgan fingerprint density at radius 3 is 1.12 bits per heavy atom. The Kier molecular flexibility index (Phi) is 7.65. The van der Waals surface area contributed by atoms with Gasteiger partial charge in [-0.1, -0.05) is 133 Å². The molecule has 6 heteroatoms. The maximum atomic E-state index is 9.88. The molecule has 0 aliphatic heterocycles. The summed E-state index contributed by atoms with van der Waals surface area (Å²) in [5.74, 6) is 0.801. The van der Waals surface area contributed by atoms with Crippen molar-refractivity contribution in [2.24, 2.45) is 0 Å². The molecule has 0 N–H and O–H groups in total. The summed E-state index contributed by atoms with van der Waals surface area (Å²) in [5, 5.41) is 19.4. The molecule has 0 radical (unpaired) electrons. The smallest absolute Gasteiger partial charge is 0.138 e. The van der Waals surface area contributed by atoms with Crippen molar-refractivity contribution in [1.29, 1.82) is 5.26 Å². The van der Waals surface area contributed by atoms with Crippen LogP contribution in [0.5, 0.6) is 0 Å². The fourth-order valence-electron chi connectivity index (χ4n) is 10.8. The zero-order valence-corrected chi connectivity index (χ0v) is 35.5. The molecule has 306 valence electrons. The molecule has 0 spiro atoms. The number of nitrogens with zero attached hydrogens (tertiary/aromatic N) is 6. The van der Waals surface area contributed by atoms with Gasteiger partial charge in [0.05, 0.1) is 67.7 Å². The monoisotopic (exact) mass is 840 g/mol. The molecule has 0 aliphatic carbocycles. The highest BCUT2D eigenvalue weighted by Crippen LogP contribution is 2.41. The van der Waals surface area contributed by atoms with Gasteiger partial charge in [-0.15, -0.1) is 0 Å². The van der Waals surface area contributed by atoms with E-state index in [9.17, 15) is 5.26 Å². The van der Waals surface area contributed by atoms with E-state index in [1.165, 1.54) is 32.6 Å². The van der Waals surface area contributed by atoms with E-state index in [2.05, 4.69) is 225 Å². The fraction of sp³-hybridized carbons (Fsp3) is 0. The molecule has 0 saturated heterocycles. The van der Waals surface area contributed by atoms with Gasteiger partial charge in [-0.25, -0.2) is 4.98 Å². The van der Waals surface area contributed by atoms with Gasteiger partial charge in [0.25, 0.3) is 0 Å². The number of aromatic nitrogens is 5. The summed E-state index contributed by atoms with van der Waals surface area (Å²) < 4.78 is 9.44. The molecule has 0 fully saturated rings. The molecule has 0 amide bonds. The van der Waals surface area contributed by atoms with Crippen molar-refractivity contribution >= 4 is 87.2 Å². The lowest BCUT2D eigenvalue weighted by Gasteiger charge is -2.17. The van der Waals surface area contributed by atoms with Crippen molar-refractivity contribution in [3.63, 3.8) is 0 Å². The molecule has 5 heterocycles. The molecule has 0 aliphatic rings. The van der Waals surface area contributed by atoms with Crippen LogP contribution in [0.1, 0.15) is 5.56 Å². The molecule has 0 bridgehead atoms. The van der Waals surface area contributed by atoms with Gasteiger partial charge in [-0.2, -0.15) is 5.26 Å². The highest BCUT2D eigenvalue weighted by atomic mass is 15.1. The Morgan fingerprint density at radius 2 is 0.697 bits per heavy atom. The molecule has 0 unspecified atom stereocenters. The lowest BCUT2D eigenvalue weighted by Crippen LogP contribution is -2.04. The Balaban J connectivity index is 1.04. The average molecular weight is 841 g/mol. The first-order chi connectivity index (χ1) is 32.7. The third kappa shape index (κ3) is 5.14. The van der Waals surface area contributed by atoms with E-state index < -0.39 is 0 Å². The van der Waals surface area contributed by atoms with Crippen LogP contribution in [0.2, 0.25) is 0 Å². The van der Waals surface area contributed by atoms with Crippen LogP contribution in [-0.2, 0) is 0 Å². The number of hydrogen-bond acceptors (Lipinski definition) is 2. The number of rotatable bonds is 5. The predicted octanol–water partition coefficient (Wildman–Crippen LogP) is 15.0. The summed E-state index contributed by atoms with van der Waals surface area (Å²) in [6.45, 7) is 0. The van der Waals surface area contributed by atoms with Crippen LogP contribution in [0.25, 0.3) is 121 Å². The Bertz CT molecular complexity index is 4250. The lowest BCUT2D eigenvalue weighted by molar-refractivity contribution is 1.05. The summed E-state index contributed by atoms with van der Waals surface area (Å²) in [5.41, 5.74) is 14.7. The first-order valence-electron chi connectivity index (χ1n) is 22.3. The third-order valence-electron chi connectivity index (χ3n) is 13.7. The lowest BCUT2D eigenvalue weighted by atomic mass is 10.0. The van der Waals surface area contributed by atoms with Crippen molar-refractivity contribution in [1.82, 2.24) is 23.3 Å². The minimum absolute atomic E-state index is 0.613. The zero-order valence-electron chi connectivity index (χ0n) is 35.5. The number of fused-ring (bicyclic) bond motifs is 12. The summed E-state index contributed by atoms with van der Waals surface area (Å²) >= 11 is 0. The van der Waals surface area contributed by atoms with Crippen LogP contribution < -0.4 is 0 Å². The summed E-state index contributed by atoms with van der Waals surface area (Å²) in [6, 6.07) is 78.0. The molecule has 5 aromatic heterocycles. The van der Waals surface area contributed by atoms with Gasteiger partial charge in [0.15, 0.2) is 0 Å². The quantitative estimate of drug-likeness (QED) is 0.173. The summed E-state index contributed by atoms with van der Waals surface area (Å²) in [7, 11) is 0. The van der Waals surface area contributed by atoms with Crippen LogP contribution in [0.3, 0.4) is 0 Å². The molecular formula is C60H36N6. The molecular weight excluding hydrogens is 805 g/mol. The Hall–Kier alpha value is -9.18. The van der Waals surface area contributed by atoms with Crippen LogP contribution in [0, 0.1) is 11.3 Å². The van der Waals surface area contributed by atoms with E-state index >= 15 is 0 Å². The van der Waals surface area contributed by atoms with E-state index in [0.717, 1.165) is 88.7 Å². The number of pyridine rings is 1. The van der Waals surface area contributed by atoms with Crippen LogP contribution in [0.15, 0.2) is 219 Å². The van der Waals surface area contributed by atoms with E-state index in [4.69, 9.17) is 4.98 Å². The maximum Gasteiger partial charge on any atom is 0.138 e. The van der Waals surface area contributed by atoms with Gasteiger partial charge in [0, 0.05) is 60.0 Å². The highest BCUT2D eigenvalue weighted by Gasteiger charge is 2.22. The fourth-order valence-corrected chi connectivity index (χ4v) is 10.8. The second-order valence-electron chi connectivity index (χ2n) is 17.1. The molecule has 66 heavy (non-hydrogen) atoms. The maximum absolute atomic E-state index is 9.88. The van der Waals surface area contributed by atoms with Gasteiger partial charge in [0.1, 0.15) is 5.82 Å². The van der Waals surface area contributed by atoms with Gasteiger partial charge in [0.2, 0.25) is 0 Å². The number of benzene rings is 9. The first-order valence-corrected chi connectivity index (χ1v) is 22.3. The second kappa shape index (κ2) is 13.9. The number of hydrogen-bond donors (Lipinski definition) is 0. The molecule has 6 nitrogen and oxygen atoms in total. The third-order valence-corrected chi connectivity index (χ3v) is 13.7. The van der Waals surface area contributed by atoms with E-state index in [1.54, 1.807) is 0 Å². The average Bonchev–Trinajstić information content (AvgIpc) is 4.11. The van der Waals surface area contributed by atoms with Crippen molar-refractivity contribution in [2.75, 3.05) is 0 Å². The SMILES string of the molecule is N#Cc1ccc(-c2cc(-n3c4ccccc4c4ccc(-n5c6ccccc6c6ccccc65)cc43)ncc2-n2c3ccccc3c3ccc(-n4c5ccccc5c5ccccc54)cc32)cc1. The van der Waals surface area contributed by atoms with Gasteiger partial charge >= 0.3 is 0 Å². The molecule has 9 aromatic carbocycles. The normalized spacial score (nSPS) is 11.9. The van der Waals surface area contributed by atoms with Crippen molar-refractivity contribution in [3.05, 3.63) is 224 Å². The standard InChI is InChI=1S/C60H36N6/c61-36-38-25-27-39(28-26-38)50-35-60(66-56-24-12-6-18-47(56)49-32-30-41(34-58(49)66)64-53-21-9-3-15-44(53)45-16-4-10-22-54(45)64)62-37-59(50)65-55-23-11-5-17-46(55)48-31-29-40(33-57(48)65)63-51-19-7-1-13-42(51)43-14-2-8-20-52(43)63/h1-35,37H. The Labute approximate surface area is 378 Å². The topological polar surface area (TPSA) is 56.4 Å². The van der Waals surface area contributed by atoms with Crippen LogP contribution in [0.4, 0.5) is 0 Å². The van der Waals surface area contributed by atoms with Crippen molar-refractivity contribution in [3.8, 4) is 40.1 Å². The minimum Gasteiger partial charge on any atom is -0.309 e. The molecule has 14 aromatic rings. The Morgan fingerprint density at radius 1 is 0.333 bits per heavy atom. The summed E-state index contributed by atoms with van der Waals surface area (Å²) in [6.07, 6.45) is 2.04. The van der Waals surface area contributed by atoms with E-state index in [1.807, 2.05) is 18.3 Å². The minimum atomic E-state index is 0.613. The summed E-state index contributed by atoms with van der Waals surface area (Å²) in [4.78, 5) is 5.44. The van der Waals surface area contributed by atoms with Gasteiger partial charge in [-0.3, -0.25) is 4.57 Å². The van der Waals surface area contributed by atoms with Crippen LogP contribution >= 0.6 is 0 Å².